The van der Waals surface area contributed by atoms with Crippen molar-refractivity contribution >= 4 is 17.3 Å². The van der Waals surface area contributed by atoms with Gasteiger partial charge in [0.25, 0.3) is 5.95 Å². The lowest BCUT2D eigenvalue weighted by Gasteiger charge is -2.12. The number of nitrogens with one attached hydrogen (secondary N) is 1. The normalized spacial score (nSPS) is 13.4. The first-order valence-electron chi connectivity index (χ1n) is 3.51. The SMILES string of the molecule is CC(C)[S+]([O-])Nc1nnnn1C. The second-order valence-electron chi connectivity index (χ2n) is 2.57. The highest BCUT2D eigenvalue weighted by Crippen LogP contribution is 2.05. The van der Waals surface area contributed by atoms with Crippen LogP contribution >= 0.6 is 0 Å². The molecule has 0 saturated heterocycles. The number of anilines is 1. The Morgan fingerprint density at radius 2 is 2.25 bits per heavy atom. The summed E-state index contributed by atoms with van der Waals surface area (Å²) < 4.78 is 15.4. The Morgan fingerprint density at radius 1 is 1.58 bits per heavy atom. The molecule has 0 amide bonds. The number of hydrogen-bond acceptors (Lipinski definition) is 5. The Balaban J connectivity index is 2.58. The van der Waals surface area contributed by atoms with E-state index in [9.17, 15) is 4.55 Å². The number of aryl methyl sites for hydroxylation is 1. The van der Waals surface area contributed by atoms with Crippen LogP contribution in [0.5, 0.6) is 0 Å². The predicted octanol–water partition coefficient (Wildman–Crippen LogP) is -0.306. The Kier molecular flexibility index (Phi) is 2.88. The van der Waals surface area contributed by atoms with Crippen molar-refractivity contribution in [2.24, 2.45) is 7.05 Å². The maximum absolute atomic E-state index is 11.3. The van der Waals surface area contributed by atoms with Crippen LogP contribution < -0.4 is 4.72 Å². The summed E-state index contributed by atoms with van der Waals surface area (Å²) in [6, 6.07) is 0. The van der Waals surface area contributed by atoms with Gasteiger partial charge in [0.2, 0.25) is 0 Å². The van der Waals surface area contributed by atoms with Crippen LogP contribution in [0.2, 0.25) is 0 Å². The lowest BCUT2D eigenvalue weighted by molar-refractivity contribution is 0.590. The number of nitrogens with zero attached hydrogens (tertiary/aromatic N) is 4. The Hall–Kier alpha value is -0.820. The molecule has 0 saturated carbocycles. The molecule has 0 bridgehead atoms. The summed E-state index contributed by atoms with van der Waals surface area (Å²) in [6.07, 6.45) is 0. The average Bonchev–Trinajstić information content (AvgIpc) is 2.36. The fourth-order valence-electron chi connectivity index (χ4n) is 0.524. The van der Waals surface area contributed by atoms with Crippen LogP contribution in [0.1, 0.15) is 13.8 Å². The second-order valence-corrected chi connectivity index (χ2v) is 4.32. The third-order valence-electron chi connectivity index (χ3n) is 1.24. The molecule has 1 aromatic heterocycles. The summed E-state index contributed by atoms with van der Waals surface area (Å²) >= 11 is -1.12. The van der Waals surface area contributed by atoms with E-state index >= 15 is 0 Å². The van der Waals surface area contributed by atoms with E-state index in [0.29, 0.717) is 5.95 Å². The van der Waals surface area contributed by atoms with Gasteiger partial charge in [0.15, 0.2) is 0 Å². The highest BCUT2D eigenvalue weighted by atomic mass is 32.2. The minimum atomic E-state index is -1.12. The monoisotopic (exact) mass is 189 g/mol. The largest absolute Gasteiger partial charge is 0.593 e. The van der Waals surface area contributed by atoms with Crippen molar-refractivity contribution < 1.29 is 4.55 Å². The zero-order valence-electron chi connectivity index (χ0n) is 7.18. The minimum Gasteiger partial charge on any atom is -0.593 e. The van der Waals surface area contributed by atoms with E-state index in [1.54, 1.807) is 7.05 Å². The van der Waals surface area contributed by atoms with Crippen molar-refractivity contribution in [3.8, 4) is 0 Å². The maximum atomic E-state index is 11.3. The molecule has 0 spiro atoms. The molecule has 12 heavy (non-hydrogen) atoms. The summed E-state index contributed by atoms with van der Waals surface area (Å²) in [6.45, 7) is 3.71. The van der Waals surface area contributed by atoms with Crippen molar-refractivity contribution in [1.82, 2.24) is 20.2 Å². The third kappa shape index (κ3) is 2.08. The van der Waals surface area contributed by atoms with Crippen molar-refractivity contribution in [2.45, 2.75) is 19.1 Å². The number of hydrogen-bond donors (Lipinski definition) is 1. The van der Waals surface area contributed by atoms with Gasteiger partial charge in [0.1, 0.15) is 5.25 Å². The number of aromatic nitrogens is 4. The first kappa shape index (κ1) is 9.27. The molecule has 7 heteroatoms. The predicted molar refractivity (Wildman–Crippen MR) is 45.7 cm³/mol. The Labute approximate surface area is 73.7 Å². The highest BCUT2D eigenvalue weighted by molar-refractivity contribution is 7.93. The van der Waals surface area contributed by atoms with Crippen LogP contribution in [0, 0.1) is 0 Å². The highest BCUT2D eigenvalue weighted by Gasteiger charge is 2.14. The molecule has 1 atom stereocenters. The van der Waals surface area contributed by atoms with Gasteiger partial charge in [-0.1, -0.05) is 5.10 Å². The minimum absolute atomic E-state index is 0.0432. The molecule has 0 fully saturated rings. The van der Waals surface area contributed by atoms with E-state index in [4.69, 9.17) is 0 Å². The smallest absolute Gasteiger partial charge is 0.284 e. The average molecular weight is 189 g/mol. The molecule has 0 radical (unpaired) electrons. The van der Waals surface area contributed by atoms with E-state index in [2.05, 4.69) is 20.2 Å². The van der Waals surface area contributed by atoms with Crippen LogP contribution in [-0.4, -0.2) is 30.0 Å². The van der Waals surface area contributed by atoms with Gasteiger partial charge >= 0.3 is 0 Å². The lowest BCUT2D eigenvalue weighted by Crippen LogP contribution is -2.24. The first-order valence-corrected chi connectivity index (χ1v) is 4.72. The van der Waals surface area contributed by atoms with Crippen molar-refractivity contribution in [3.05, 3.63) is 0 Å². The van der Waals surface area contributed by atoms with Gasteiger partial charge in [-0.15, -0.1) is 0 Å². The number of rotatable bonds is 3. The molecular weight excluding hydrogens is 178 g/mol. The van der Waals surface area contributed by atoms with Crippen molar-refractivity contribution in [1.29, 1.82) is 0 Å². The van der Waals surface area contributed by atoms with E-state index in [1.165, 1.54) is 4.68 Å². The standard InChI is InChI=1S/C5H11N5OS/c1-4(2)12(11)7-5-6-8-9-10(5)3/h4H,1-3H3,(H,6,7,9). The number of tetrazole rings is 1. The molecular formula is C5H11N5OS. The molecule has 1 unspecified atom stereocenters. The summed E-state index contributed by atoms with van der Waals surface area (Å²) in [4.78, 5) is 0. The molecule has 1 rings (SSSR count). The lowest BCUT2D eigenvalue weighted by atomic mass is 10.6. The Bertz CT molecular complexity index is 250. The van der Waals surface area contributed by atoms with Crippen molar-refractivity contribution in [3.63, 3.8) is 0 Å². The van der Waals surface area contributed by atoms with Gasteiger partial charge in [0.05, 0.1) is 11.4 Å². The summed E-state index contributed by atoms with van der Waals surface area (Å²) in [5, 5.41) is 10.7. The van der Waals surface area contributed by atoms with Gasteiger partial charge in [-0.3, -0.25) is 0 Å². The van der Waals surface area contributed by atoms with Crippen LogP contribution in [0.4, 0.5) is 5.95 Å². The summed E-state index contributed by atoms with van der Waals surface area (Å²) in [7, 11) is 1.68. The molecule has 0 aliphatic heterocycles. The quantitative estimate of drug-likeness (QED) is 0.660. The molecule has 1 heterocycles. The first-order chi connectivity index (χ1) is 5.61. The molecule has 0 aliphatic rings. The summed E-state index contributed by atoms with van der Waals surface area (Å²) in [5.74, 6) is 0.419. The molecule has 6 nitrogen and oxygen atoms in total. The van der Waals surface area contributed by atoms with Crippen LogP contribution in [0.25, 0.3) is 0 Å². The van der Waals surface area contributed by atoms with Crippen LogP contribution in [-0.2, 0) is 18.4 Å². The molecule has 0 aromatic carbocycles. The molecule has 1 aromatic rings. The second kappa shape index (κ2) is 3.72. The zero-order chi connectivity index (χ0) is 9.14. The van der Waals surface area contributed by atoms with E-state index in [-0.39, 0.29) is 5.25 Å². The van der Waals surface area contributed by atoms with Crippen LogP contribution in [0.15, 0.2) is 0 Å². The van der Waals surface area contributed by atoms with Gasteiger partial charge < -0.3 is 4.55 Å². The Morgan fingerprint density at radius 3 is 2.67 bits per heavy atom. The zero-order valence-corrected chi connectivity index (χ0v) is 8.00. The molecule has 0 aliphatic carbocycles. The van der Waals surface area contributed by atoms with Gasteiger partial charge in [-0.25, -0.2) is 4.68 Å². The molecule has 68 valence electrons. The van der Waals surface area contributed by atoms with E-state index < -0.39 is 11.4 Å². The fraction of sp³-hybridized carbons (Fsp3) is 0.800. The van der Waals surface area contributed by atoms with Gasteiger partial charge in [0, 0.05) is 7.05 Å². The van der Waals surface area contributed by atoms with Gasteiger partial charge in [-0.2, -0.15) is 4.72 Å². The van der Waals surface area contributed by atoms with Crippen molar-refractivity contribution in [2.75, 3.05) is 4.72 Å². The summed E-state index contributed by atoms with van der Waals surface area (Å²) in [5.41, 5.74) is 0. The fourth-order valence-corrected chi connectivity index (χ4v) is 1.11. The van der Waals surface area contributed by atoms with Crippen LogP contribution in [0.3, 0.4) is 0 Å². The van der Waals surface area contributed by atoms with Gasteiger partial charge in [-0.05, 0) is 24.3 Å². The van der Waals surface area contributed by atoms with E-state index in [0.717, 1.165) is 0 Å². The molecule has 1 N–H and O–H groups in total. The maximum Gasteiger partial charge on any atom is 0.284 e. The van der Waals surface area contributed by atoms with E-state index in [1.807, 2.05) is 13.8 Å². The topological polar surface area (TPSA) is 78.7 Å². The third-order valence-corrected chi connectivity index (χ3v) is 2.48.